The summed E-state index contributed by atoms with van der Waals surface area (Å²) in [5, 5.41) is 17.3. The number of hydrogen-bond donors (Lipinski definition) is 2. The lowest BCUT2D eigenvalue weighted by Crippen LogP contribution is -2.08. The van der Waals surface area contributed by atoms with Crippen molar-refractivity contribution in [1.29, 1.82) is 0 Å². The van der Waals surface area contributed by atoms with Crippen LogP contribution >= 0.6 is 0 Å². The number of esters is 1. The van der Waals surface area contributed by atoms with Crippen LogP contribution in [0.1, 0.15) is 23.7 Å². The first-order chi connectivity index (χ1) is 9.69. The molecule has 2 aromatic rings. The number of phenolic OH excluding ortho intramolecular Hbond substituents is 1. The van der Waals surface area contributed by atoms with Crippen molar-refractivity contribution in [1.82, 2.24) is 0 Å². The molecule has 0 radical (unpaired) electrons. The number of para-hydroxylation sites is 2. The molecule has 2 rings (SSSR count). The Kier molecular flexibility index (Phi) is 6.85. The third-order valence-corrected chi connectivity index (χ3v) is 2.30. The third-order valence-electron chi connectivity index (χ3n) is 2.30. The molecule has 0 bridgehead atoms. The predicted molar refractivity (Wildman–Crippen MR) is 76.9 cm³/mol. The summed E-state index contributed by atoms with van der Waals surface area (Å²) >= 11 is 0. The van der Waals surface area contributed by atoms with E-state index in [9.17, 15) is 9.90 Å². The molecule has 0 heterocycles. The van der Waals surface area contributed by atoms with Crippen LogP contribution in [0.25, 0.3) is 0 Å². The summed E-state index contributed by atoms with van der Waals surface area (Å²) in [6.07, 6.45) is 0.875. The predicted octanol–water partition coefficient (Wildman–Crippen LogP) is 3.00. The molecule has 0 unspecified atom stereocenters. The molecule has 20 heavy (non-hydrogen) atoms. The fraction of sp³-hybridized carbons (Fsp3) is 0.188. The van der Waals surface area contributed by atoms with Gasteiger partial charge in [-0.25, -0.2) is 4.79 Å². The van der Waals surface area contributed by atoms with Gasteiger partial charge in [0.15, 0.2) is 0 Å². The molecule has 0 saturated carbocycles. The van der Waals surface area contributed by atoms with Crippen LogP contribution in [0, 0.1) is 0 Å². The van der Waals surface area contributed by atoms with Gasteiger partial charge < -0.3 is 14.9 Å². The van der Waals surface area contributed by atoms with E-state index >= 15 is 0 Å². The number of ether oxygens (including phenoxy) is 1. The van der Waals surface area contributed by atoms with Gasteiger partial charge in [-0.2, -0.15) is 0 Å². The van der Waals surface area contributed by atoms with Gasteiger partial charge in [0, 0.05) is 6.61 Å². The molecule has 0 amide bonds. The van der Waals surface area contributed by atoms with Crippen molar-refractivity contribution < 1.29 is 19.7 Å². The Hall–Kier alpha value is -2.33. The second-order valence-electron chi connectivity index (χ2n) is 3.94. The van der Waals surface area contributed by atoms with E-state index in [0.717, 1.165) is 6.42 Å². The Labute approximate surface area is 118 Å². The van der Waals surface area contributed by atoms with Crippen LogP contribution in [-0.4, -0.2) is 22.8 Å². The molecule has 2 aromatic carbocycles. The van der Waals surface area contributed by atoms with Gasteiger partial charge in [0.25, 0.3) is 0 Å². The highest BCUT2D eigenvalue weighted by Gasteiger charge is 2.12. The first kappa shape index (κ1) is 15.7. The maximum Gasteiger partial charge on any atom is 0.347 e. The van der Waals surface area contributed by atoms with Gasteiger partial charge in [-0.15, -0.1) is 0 Å². The monoisotopic (exact) mass is 274 g/mol. The molecular formula is C16H18O4. The van der Waals surface area contributed by atoms with Crippen molar-refractivity contribution in [3.8, 4) is 11.5 Å². The van der Waals surface area contributed by atoms with Gasteiger partial charge in [0.2, 0.25) is 0 Å². The van der Waals surface area contributed by atoms with E-state index in [0.29, 0.717) is 12.4 Å². The summed E-state index contributed by atoms with van der Waals surface area (Å²) in [5.41, 5.74) is 0.159. The second kappa shape index (κ2) is 8.72. The molecular weight excluding hydrogens is 256 g/mol. The molecule has 4 heteroatoms. The normalized spacial score (nSPS) is 9.30. The summed E-state index contributed by atoms with van der Waals surface area (Å²) in [6, 6.07) is 15.0. The van der Waals surface area contributed by atoms with Gasteiger partial charge in [-0.05, 0) is 30.7 Å². The number of carbonyl (C=O) groups is 1. The number of rotatable bonds is 3. The van der Waals surface area contributed by atoms with Gasteiger partial charge in [-0.1, -0.05) is 37.3 Å². The van der Waals surface area contributed by atoms with Crippen LogP contribution in [0.3, 0.4) is 0 Å². The summed E-state index contributed by atoms with van der Waals surface area (Å²) in [6.45, 7) is 2.25. The van der Waals surface area contributed by atoms with Crippen LogP contribution in [0.4, 0.5) is 0 Å². The number of aromatic hydroxyl groups is 1. The first-order valence-electron chi connectivity index (χ1n) is 6.35. The summed E-state index contributed by atoms with van der Waals surface area (Å²) in [5.74, 6) is -0.191. The highest BCUT2D eigenvalue weighted by molar-refractivity contribution is 5.93. The molecule has 0 fully saturated rings. The number of aliphatic hydroxyl groups is 1. The van der Waals surface area contributed by atoms with E-state index in [4.69, 9.17) is 9.84 Å². The van der Waals surface area contributed by atoms with Crippen molar-refractivity contribution in [2.45, 2.75) is 13.3 Å². The van der Waals surface area contributed by atoms with Gasteiger partial charge in [0.05, 0.1) is 0 Å². The average molecular weight is 274 g/mol. The van der Waals surface area contributed by atoms with Gasteiger partial charge in [0.1, 0.15) is 17.1 Å². The zero-order valence-corrected chi connectivity index (χ0v) is 11.3. The highest BCUT2D eigenvalue weighted by Crippen LogP contribution is 2.18. The molecule has 106 valence electrons. The van der Waals surface area contributed by atoms with Gasteiger partial charge >= 0.3 is 5.97 Å². The Balaban J connectivity index is 0.000000444. The topological polar surface area (TPSA) is 66.8 Å². The lowest BCUT2D eigenvalue weighted by atomic mass is 10.2. The van der Waals surface area contributed by atoms with Crippen molar-refractivity contribution >= 4 is 5.97 Å². The maximum absolute atomic E-state index is 11.7. The minimum Gasteiger partial charge on any atom is -0.507 e. The lowest BCUT2D eigenvalue weighted by molar-refractivity contribution is 0.0731. The summed E-state index contributed by atoms with van der Waals surface area (Å²) in [4.78, 5) is 11.7. The minimum absolute atomic E-state index is 0.0802. The van der Waals surface area contributed by atoms with Crippen molar-refractivity contribution in [3.05, 3.63) is 60.2 Å². The summed E-state index contributed by atoms with van der Waals surface area (Å²) in [7, 11) is 0. The van der Waals surface area contributed by atoms with E-state index in [-0.39, 0.29) is 11.3 Å². The molecule has 0 spiro atoms. The van der Waals surface area contributed by atoms with Crippen LogP contribution in [0.15, 0.2) is 54.6 Å². The SMILES string of the molecule is CCCO.O=C(Oc1ccccc1)c1ccccc1O. The molecule has 0 aliphatic carbocycles. The Morgan fingerprint density at radius 3 is 2.15 bits per heavy atom. The number of benzene rings is 2. The van der Waals surface area contributed by atoms with Crippen LogP contribution in [0.5, 0.6) is 11.5 Å². The Morgan fingerprint density at radius 2 is 1.60 bits per heavy atom. The fourth-order valence-corrected chi connectivity index (χ4v) is 1.30. The van der Waals surface area contributed by atoms with Crippen LogP contribution < -0.4 is 4.74 Å². The largest absolute Gasteiger partial charge is 0.507 e. The molecule has 0 aliphatic rings. The quantitative estimate of drug-likeness (QED) is 0.667. The zero-order chi connectivity index (χ0) is 14.8. The Morgan fingerprint density at radius 1 is 1.05 bits per heavy atom. The van der Waals surface area contributed by atoms with Crippen molar-refractivity contribution in [2.24, 2.45) is 0 Å². The Bertz CT molecular complexity index is 521. The standard InChI is InChI=1S/C13H10O3.C3H8O/c14-12-9-5-4-8-11(12)13(15)16-10-6-2-1-3-7-10;1-2-3-4/h1-9,14H;4H,2-3H2,1H3. The van der Waals surface area contributed by atoms with Crippen molar-refractivity contribution in [3.63, 3.8) is 0 Å². The molecule has 0 aromatic heterocycles. The van der Waals surface area contributed by atoms with E-state index in [1.54, 1.807) is 36.4 Å². The molecule has 4 nitrogen and oxygen atoms in total. The van der Waals surface area contributed by atoms with Crippen molar-refractivity contribution in [2.75, 3.05) is 6.61 Å². The average Bonchev–Trinajstić information content (AvgIpc) is 2.49. The number of hydrogen-bond acceptors (Lipinski definition) is 4. The molecule has 2 N–H and O–H groups in total. The third kappa shape index (κ3) is 5.12. The molecule has 0 saturated heterocycles. The van der Waals surface area contributed by atoms with E-state index in [1.807, 2.05) is 13.0 Å². The molecule has 0 atom stereocenters. The number of aliphatic hydroxyl groups excluding tert-OH is 1. The number of carbonyl (C=O) groups excluding carboxylic acids is 1. The zero-order valence-electron chi connectivity index (χ0n) is 11.3. The fourth-order valence-electron chi connectivity index (χ4n) is 1.30. The smallest absolute Gasteiger partial charge is 0.347 e. The van der Waals surface area contributed by atoms with E-state index in [2.05, 4.69) is 0 Å². The van der Waals surface area contributed by atoms with Crippen LogP contribution in [-0.2, 0) is 0 Å². The number of phenols is 1. The first-order valence-corrected chi connectivity index (χ1v) is 6.35. The minimum atomic E-state index is -0.565. The lowest BCUT2D eigenvalue weighted by Gasteiger charge is -2.04. The van der Waals surface area contributed by atoms with Gasteiger partial charge in [-0.3, -0.25) is 0 Å². The summed E-state index contributed by atoms with van der Waals surface area (Å²) < 4.78 is 5.08. The maximum atomic E-state index is 11.7. The highest BCUT2D eigenvalue weighted by atomic mass is 16.5. The van der Waals surface area contributed by atoms with E-state index < -0.39 is 5.97 Å². The van der Waals surface area contributed by atoms with E-state index in [1.165, 1.54) is 12.1 Å². The molecule has 0 aliphatic heterocycles. The van der Waals surface area contributed by atoms with Crippen LogP contribution in [0.2, 0.25) is 0 Å². The second-order valence-corrected chi connectivity index (χ2v) is 3.94.